The molecule has 2 rings (SSSR count). The second kappa shape index (κ2) is 6.35. The van der Waals surface area contributed by atoms with Gasteiger partial charge in [-0.1, -0.05) is 50.2 Å². The Balaban J connectivity index is 1.87. The van der Waals surface area contributed by atoms with E-state index < -0.39 is 0 Å². The number of fused-ring (bicyclic) bond motifs is 1. The van der Waals surface area contributed by atoms with Crippen LogP contribution in [0, 0.1) is 5.92 Å². The van der Waals surface area contributed by atoms with Gasteiger partial charge in [-0.2, -0.15) is 0 Å². The van der Waals surface area contributed by atoms with Gasteiger partial charge >= 0.3 is 0 Å². The van der Waals surface area contributed by atoms with Crippen LogP contribution in [-0.4, -0.2) is 0 Å². The lowest BCUT2D eigenvalue weighted by Crippen LogP contribution is -1.97. The third-order valence-corrected chi connectivity index (χ3v) is 4.21. The van der Waals surface area contributed by atoms with Crippen LogP contribution in [0.4, 0.5) is 0 Å². The van der Waals surface area contributed by atoms with Gasteiger partial charge in [-0.25, -0.2) is 0 Å². The average Bonchev–Trinajstić information content (AvgIpc) is 2.65. The molecule has 0 radical (unpaired) electrons. The van der Waals surface area contributed by atoms with Crippen molar-refractivity contribution in [2.75, 3.05) is 0 Å². The van der Waals surface area contributed by atoms with Crippen LogP contribution < -0.4 is 0 Å². The molecule has 1 unspecified atom stereocenters. The maximum atomic E-state index is 2.60. The summed E-state index contributed by atoms with van der Waals surface area (Å²) in [7, 11) is 0. The molecule has 0 amide bonds. The Kier molecular flexibility index (Phi) is 4.76. The molecule has 0 aromatic carbocycles. The van der Waals surface area contributed by atoms with E-state index in [9.17, 15) is 0 Å². The summed E-state index contributed by atoms with van der Waals surface area (Å²) in [6.45, 7) is 0. The van der Waals surface area contributed by atoms with Crippen molar-refractivity contribution in [3.8, 4) is 0 Å². The first kappa shape index (κ1) is 11.2. The first-order chi connectivity index (χ1) is 7.47. The highest BCUT2D eigenvalue weighted by atomic mass is 14.2. The fraction of sp³-hybridized carbons (Fsp3) is 0.867. The summed E-state index contributed by atoms with van der Waals surface area (Å²) < 4.78 is 0. The van der Waals surface area contributed by atoms with Gasteiger partial charge in [0.25, 0.3) is 0 Å². The number of rotatable bonds is 0. The van der Waals surface area contributed by atoms with Crippen LogP contribution in [-0.2, 0) is 0 Å². The molecule has 0 aromatic heterocycles. The predicted octanol–water partition coefficient (Wildman–Crippen LogP) is 5.24. The standard InChI is InChI=1S/C15H26/c1-2-4-6-8-11-15-13-9-12-14(15)10-7-5-3-1/h10,15H,1-9,11-13H2. The van der Waals surface area contributed by atoms with Gasteiger partial charge in [0.15, 0.2) is 0 Å². The number of hydrogen-bond acceptors (Lipinski definition) is 0. The number of hydrogen-bond donors (Lipinski definition) is 0. The second-order valence-electron chi connectivity index (χ2n) is 5.42. The van der Waals surface area contributed by atoms with E-state index in [1.165, 1.54) is 77.0 Å². The molecule has 0 N–H and O–H groups in total. The Morgan fingerprint density at radius 2 is 1.40 bits per heavy atom. The van der Waals surface area contributed by atoms with Crippen LogP contribution >= 0.6 is 0 Å². The Morgan fingerprint density at radius 1 is 0.733 bits per heavy atom. The first-order valence-corrected chi connectivity index (χ1v) is 7.16. The van der Waals surface area contributed by atoms with Crippen molar-refractivity contribution in [1.82, 2.24) is 0 Å². The average molecular weight is 206 g/mol. The fourth-order valence-electron chi connectivity index (χ4n) is 3.25. The lowest BCUT2D eigenvalue weighted by molar-refractivity contribution is 0.498. The zero-order valence-corrected chi connectivity index (χ0v) is 10.1. The van der Waals surface area contributed by atoms with Crippen LogP contribution in [0.25, 0.3) is 0 Å². The van der Waals surface area contributed by atoms with E-state index in [0.29, 0.717) is 0 Å². The monoisotopic (exact) mass is 206 g/mol. The van der Waals surface area contributed by atoms with Gasteiger partial charge in [0.05, 0.1) is 0 Å². The van der Waals surface area contributed by atoms with Crippen molar-refractivity contribution >= 4 is 0 Å². The minimum absolute atomic E-state index is 0.990. The Hall–Kier alpha value is -0.260. The summed E-state index contributed by atoms with van der Waals surface area (Å²) in [6, 6.07) is 0. The summed E-state index contributed by atoms with van der Waals surface area (Å²) >= 11 is 0. The summed E-state index contributed by atoms with van der Waals surface area (Å²) in [5.41, 5.74) is 1.83. The minimum Gasteiger partial charge on any atom is -0.0851 e. The molecule has 0 nitrogen and oxygen atoms in total. The number of allylic oxidation sites excluding steroid dienone is 2. The highest BCUT2D eigenvalue weighted by Crippen LogP contribution is 2.35. The van der Waals surface area contributed by atoms with E-state index in [1.54, 1.807) is 0 Å². The Bertz CT molecular complexity index is 202. The van der Waals surface area contributed by atoms with Crippen LogP contribution in [0.1, 0.15) is 77.0 Å². The molecule has 1 saturated carbocycles. The molecule has 0 aromatic rings. The maximum Gasteiger partial charge on any atom is -0.0203 e. The van der Waals surface area contributed by atoms with E-state index in [0.717, 1.165) is 5.92 Å². The lowest BCUT2D eigenvalue weighted by atomic mass is 9.93. The molecule has 86 valence electrons. The van der Waals surface area contributed by atoms with E-state index >= 15 is 0 Å². The second-order valence-corrected chi connectivity index (χ2v) is 5.42. The highest BCUT2D eigenvalue weighted by molar-refractivity contribution is 5.11. The predicted molar refractivity (Wildman–Crippen MR) is 67.0 cm³/mol. The first-order valence-electron chi connectivity index (χ1n) is 7.16. The zero-order chi connectivity index (χ0) is 10.3. The topological polar surface area (TPSA) is 0 Å². The summed E-state index contributed by atoms with van der Waals surface area (Å²) in [5.74, 6) is 0.990. The van der Waals surface area contributed by atoms with Gasteiger partial charge in [-0.15, -0.1) is 0 Å². The minimum atomic E-state index is 0.990. The molecule has 15 heavy (non-hydrogen) atoms. The van der Waals surface area contributed by atoms with Gasteiger partial charge in [-0.3, -0.25) is 0 Å². The van der Waals surface area contributed by atoms with Crippen molar-refractivity contribution in [3.05, 3.63) is 11.6 Å². The molecular weight excluding hydrogens is 180 g/mol. The normalized spacial score (nSPS) is 29.9. The van der Waals surface area contributed by atoms with E-state index in [4.69, 9.17) is 0 Å². The van der Waals surface area contributed by atoms with Gasteiger partial charge < -0.3 is 0 Å². The highest BCUT2D eigenvalue weighted by Gasteiger charge is 2.19. The molecule has 0 aliphatic heterocycles. The fourth-order valence-corrected chi connectivity index (χ4v) is 3.25. The van der Waals surface area contributed by atoms with Gasteiger partial charge in [0.1, 0.15) is 0 Å². The largest absolute Gasteiger partial charge is 0.0851 e. The van der Waals surface area contributed by atoms with Crippen molar-refractivity contribution in [2.24, 2.45) is 5.92 Å². The molecule has 2 aliphatic carbocycles. The summed E-state index contributed by atoms with van der Waals surface area (Å²) in [5, 5.41) is 0. The van der Waals surface area contributed by atoms with Crippen LogP contribution in [0.3, 0.4) is 0 Å². The molecule has 0 heteroatoms. The van der Waals surface area contributed by atoms with Crippen LogP contribution in [0.5, 0.6) is 0 Å². The Labute approximate surface area is 95.1 Å². The van der Waals surface area contributed by atoms with E-state index in [2.05, 4.69) is 6.08 Å². The quantitative estimate of drug-likeness (QED) is 0.476. The van der Waals surface area contributed by atoms with Gasteiger partial charge in [-0.05, 0) is 44.4 Å². The van der Waals surface area contributed by atoms with Crippen molar-refractivity contribution in [3.63, 3.8) is 0 Å². The lowest BCUT2D eigenvalue weighted by Gasteiger charge is -2.13. The summed E-state index contributed by atoms with van der Waals surface area (Å²) in [4.78, 5) is 0. The maximum absolute atomic E-state index is 2.60. The van der Waals surface area contributed by atoms with E-state index in [-0.39, 0.29) is 0 Å². The molecule has 2 aliphatic rings. The van der Waals surface area contributed by atoms with Gasteiger partial charge in [0.2, 0.25) is 0 Å². The third-order valence-electron chi connectivity index (χ3n) is 4.21. The molecule has 0 bridgehead atoms. The third kappa shape index (κ3) is 3.66. The Morgan fingerprint density at radius 3 is 2.27 bits per heavy atom. The SMILES string of the molecule is C1=C2CCCC2CCCCCCCCC1. The van der Waals surface area contributed by atoms with Crippen LogP contribution in [0.15, 0.2) is 11.6 Å². The van der Waals surface area contributed by atoms with Crippen molar-refractivity contribution in [1.29, 1.82) is 0 Å². The molecule has 1 fully saturated rings. The van der Waals surface area contributed by atoms with Crippen LogP contribution in [0.2, 0.25) is 0 Å². The molecule has 0 spiro atoms. The van der Waals surface area contributed by atoms with Gasteiger partial charge in [0, 0.05) is 0 Å². The van der Waals surface area contributed by atoms with E-state index in [1.807, 2.05) is 5.57 Å². The summed E-state index contributed by atoms with van der Waals surface area (Å²) in [6.07, 6.45) is 20.2. The molecule has 0 saturated heterocycles. The van der Waals surface area contributed by atoms with Crippen molar-refractivity contribution in [2.45, 2.75) is 77.0 Å². The smallest absolute Gasteiger partial charge is 0.0203 e. The molecule has 0 heterocycles. The van der Waals surface area contributed by atoms with Crippen molar-refractivity contribution < 1.29 is 0 Å². The molecule has 1 atom stereocenters. The zero-order valence-electron chi connectivity index (χ0n) is 10.1. The molecular formula is C15H26.